The lowest BCUT2D eigenvalue weighted by Crippen LogP contribution is -2.35. The molecular weight excluding hydrogens is 258 g/mol. The molecule has 0 spiro atoms. The molecule has 2 atom stereocenters. The first kappa shape index (κ1) is 14.4. The fourth-order valence-corrected chi connectivity index (χ4v) is 2.35. The number of aliphatic hydroxyl groups is 1. The third kappa shape index (κ3) is 4.98. The Balaban J connectivity index is 2.51. The Kier molecular flexibility index (Phi) is 5.82. The molecule has 94 valence electrons. The van der Waals surface area contributed by atoms with Gasteiger partial charge in [-0.1, -0.05) is 23.7 Å². The molecule has 0 heterocycles. The molecular formula is C12H16ClNO2S. The summed E-state index contributed by atoms with van der Waals surface area (Å²) in [7, 11) is 0. The number of nitrogens with one attached hydrogen (secondary N) is 1. The lowest BCUT2D eigenvalue weighted by atomic mass is 10.3. The second kappa shape index (κ2) is 6.89. The number of amides is 1. The first-order valence-electron chi connectivity index (χ1n) is 5.37. The number of hydrogen-bond acceptors (Lipinski definition) is 3. The summed E-state index contributed by atoms with van der Waals surface area (Å²) in [5, 5.41) is 12.1. The fraction of sp³-hybridized carbons (Fsp3) is 0.417. The first-order valence-corrected chi connectivity index (χ1v) is 6.63. The largest absolute Gasteiger partial charge is 0.392 e. The number of hydrogen-bond donors (Lipinski definition) is 2. The summed E-state index contributed by atoms with van der Waals surface area (Å²) in [6, 6.07) is 7.41. The van der Waals surface area contributed by atoms with Gasteiger partial charge in [0.25, 0.3) is 0 Å². The van der Waals surface area contributed by atoms with Crippen LogP contribution in [-0.2, 0) is 4.79 Å². The molecule has 0 aliphatic carbocycles. The van der Waals surface area contributed by atoms with E-state index in [2.05, 4.69) is 5.32 Å². The summed E-state index contributed by atoms with van der Waals surface area (Å²) in [6.07, 6.45) is -0.531. The van der Waals surface area contributed by atoms with Crippen LogP contribution in [0.15, 0.2) is 29.2 Å². The van der Waals surface area contributed by atoms with Crippen LogP contribution in [0.3, 0.4) is 0 Å². The quantitative estimate of drug-likeness (QED) is 0.810. The number of rotatable bonds is 5. The zero-order valence-electron chi connectivity index (χ0n) is 9.81. The van der Waals surface area contributed by atoms with Gasteiger partial charge in [0.2, 0.25) is 5.91 Å². The van der Waals surface area contributed by atoms with Gasteiger partial charge in [-0.15, -0.1) is 11.8 Å². The number of halogens is 1. The van der Waals surface area contributed by atoms with Crippen molar-refractivity contribution >= 4 is 29.3 Å². The van der Waals surface area contributed by atoms with E-state index in [4.69, 9.17) is 16.7 Å². The minimum Gasteiger partial charge on any atom is -0.392 e. The molecule has 17 heavy (non-hydrogen) atoms. The number of aliphatic hydroxyl groups excluding tert-OH is 1. The summed E-state index contributed by atoms with van der Waals surface area (Å²) in [5.41, 5.74) is 0. The molecule has 2 N–H and O–H groups in total. The molecule has 2 unspecified atom stereocenters. The van der Waals surface area contributed by atoms with Gasteiger partial charge >= 0.3 is 0 Å². The van der Waals surface area contributed by atoms with Crippen LogP contribution in [0, 0.1) is 0 Å². The van der Waals surface area contributed by atoms with Crippen LogP contribution in [0.2, 0.25) is 5.02 Å². The van der Waals surface area contributed by atoms with Crippen LogP contribution in [0.1, 0.15) is 13.8 Å². The molecule has 1 aromatic rings. The van der Waals surface area contributed by atoms with Gasteiger partial charge in [-0.3, -0.25) is 4.79 Å². The number of carbonyl (C=O) groups excluding carboxylic acids is 1. The van der Waals surface area contributed by atoms with Crippen molar-refractivity contribution in [1.29, 1.82) is 0 Å². The second-order valence-electron chi connectivity index (χ2n) is 3.78. The summed E-state index contributed by atoms with van der Waals surface area (Å²) in [5.74, 6) is -0.101. The van der Waals surface area contributed by atoms with Crippen LogP contribution in [-0.4, -0.2) is 28.9 Å². The van der Waals surface area contributed by atoms with Gasteiger partial charge in [-0.05, 0) is 26.0 Å². The summed E-state index contributed by atoms with van der Waals surface area (Å²) in [6.45, 7) is 3.71. The van der Waals surface area contributed by atoms with E-state index < -0.39 is 6.10 Å². The smallest absolute Gasteiger partial charge is 0.233 e. The zero-order chi connectivity index (χ0) is 12.8. The van der Waals surface area contributed by atoms with Gasteiger partial charge in [0.05, 0.1) is 16.4 Å². The molecule has 0 fully saturated rings. The normalized spacial score (nSPS) is 14.1. The molecule has 0 aliphatic rings. The topological polar surface area (TPSA) is 49.3 Å². The molecule has 0 saturated carbocycles. The lowest BCUT2D eigenvalue weighted by molar-refractivity contribution is -0.120. The van der Waals surface area contributed by atoms with E-state index in [1.807, 2.05) is 25.1 Å². The third-order valence-electron chi connectivity index (χ3n) is 2.08. The van der Waals surface area contributed by atoms with Crippen molar-refractivity contribution in [3.8, 4) is 0 Å². The van der Waals surface area contributed by atoms with Crippen molar-refractivity contribution in [1.82, 2.24) is 5.32 Å². The molecule has 0 radical (unpaired) electrons. The highest BCUT2D eigenvalue weighted by Crippen LogP contribution is 2.29. The van der Waals surface area contributed by atoms with Crippen LogP contribution in [0.4, 0.5) is 0 Å². The van der Waals surface area contributed by atoms with E-state index in [-0.39, 0.29) is 17.7 Å². The Labute approximate surface area is 111 Å². The minimum absolute atomic E-state index is 0.101. The predicted octanol–water partition coefficient (Wildman–Crippen LogP) is 2.32. The van der Waals surface area contributed by atoms with Gasteiger partial charge in [0.15, 0.2) is 0 Å². The van der Waals surface area contributed by atoms with E-state index in [9.17, 15) is 4.79 Å². The molecule has 0 aliphatic heterocycles. The van der Waals surface area contributed by atoms with Crippen molar-refractivity contribution in [2.45, 2.75) is 30.1 Å². The van der Waals surface area contributed by atoms with E-state index in [1.54, 1.807) is 13.0 Å². The number of thioether (sulfide) groups is 1. The maximum atomic E-state index is 11.7. The van der Waals surface area contributed by atoms with Crippen molar-refractivity contribution in [2.24, 2.45) is 0 Å². The maximum Gasteiger partial charge on any atom is 0.233 e. The van der Waals surface area contributed by atoms with E-state index >= 15 is 0 Å². The SMILES string of the molecule is CC(O)CNC(=O)C(C)Sc1ccccc1Cl. The van der Waals surface area contributed by atoms with E-state index in [1.165, 1.54) is 11.8 Å². The van der Waals surface area contributed by atoms with Crippen LogP contribution in [0.25, 0.3) is 0 Å². The Morgan fingerprint density at radius 3 is 2.71 bits per heavy atom. The molecule has 0 bridgehead atoms. The van der Waals surface area contributed by atoms with Crippen LogP contribution in [0.5, 0.6) is 0 Å². The predicted molar refractivity (Wildman–Crippen MR) is 71.5 cm³/mol. The van der Waals surface area contributed by atoms with Crippen LogP contribution >= 0.6 is 23.4 Å². The lowest BCUT2D eigenvalue weighted by Gasteiger charge is -2.13. The van der Waals surface area contributed by atoms with Crippen molar-refractivity contribution in [3.63, 3.8) is 0 Å². The fourth-order valence-electron chi connectivity index (χ4n) is 1.18. The van der Waals surface area contributed by atoms with Gasteiger partial charge in [-0.25, -0.2) is 0 Å². The van der Waals surface area contributed by atoms with Crippen molar-refractivity contribution in [3.05, 3.63) is 29.3 Å². The Morgan fingerprint density at radius 1 is 1.47 bits per heavy atom. The van der Waals surface area contributed by atoms with Crippen molar-refractivity contribution < 1.29 is 9.90 Å². The molecule has 0 aromatic heterocycles. The molecule has 1 amide bonds. The van der Waals surface area contributed by atoms with Crippen molar-refractivity contribution in [2.75, 3.05) is 6.54 Å². The molecule has 1 rings (SSSR count). The van der Waals surface area contributed by atoms with E-state index in [0.717, 1.165) is 4.90 Å². The summed E-state index contributed by atoms with van der Waals surface area (Å²) in [4.78, 5) is 12.6. The number of benzene rings is 1. The third-order valence-corrected chi connectivity index (χ3v) is 3.70. The highest BCUT2D eigenvalue weighted by Gasteiger charge is 2.15. The van der Waals surface area contributed by atoms with Gasteiger partial charge < -0.3 is 10.4 Å². The summed E-state index contributed by atoms with van der Waals surface area (Å²) < 4.78 is 0. The Morgan fingerprint density at radius 2 is 2.12 bits per heavy atom. The Bertz CT molecular complexity index is 385. The monoisotopic (exact) mass is 273 g/mol. The standard InChI is InChI=1S/C12H16ClNO2S/c1-8(15)7-14-12(16)9(2)17-11-6-4-3-5-10(11)13/h3-6,8-9,15H,7H2,1-2H3,(H,14,16). The van der Waals surface area contributed by atoms with Crippen LogP contribution < -0.4 is 5.32 Å². The highest BCUT2D eigenvalue weighted by atomic mass is 35.5. The van der Waals surface area contributed by atoms with Gasteiger partial charge in [0.1, 0.15) is 0 Å². The molecule has 1 aromatic carbocycles. The molecule has 3 nitrogen and oxygen atoms in total. The van der Waals surface area contributed by atoms with Gasteiger partial charge in [-0.2, -0.15) is 0 Å². The Hall–Kier alpha value is -0.710. The zero-order valence-corrected chi connectivity index (χ0v) is 11.4. The second-order valence-corrected chi connectivity index (χ2v) is 5.57. The minimum atomic E-state index is -0.531. The number of carbonyl (C=O) groups is 1. The van der Waals surface area contributed by atoms with E-state index in [0.29, 0.717) is 5.02 Å². The highest BCUT2D eigenvalue weighted by molar-refractivity contribution is 8.00. The first-order chi connectivity index (χ1) is 8.00. The van der Waals surface area contributed by atoms with Gasteiger partial charge in [0, 0.05) is 11.4 Å². The molecule has 5 heteroatoms. The molecule has 0 saturated heterocycles. The maximum absolute atomic E-state index is 11.7. The average Bonchev–Trinajstić information content (AvgIpc) is 2.28. The average molecular weight is 274 g/mol. The summed E-state index contributed by atoms with van der Waals surface area (Å²) >= 11 is 7.41.